The van der Waals surface area contributed by atoms with Gasteiger partial charge in [-0.1, -0.05) is 24.8 Å². The Kier molecular flexibility index (Phi) is 5.96. The van der Waals surface area contributed by atoms with Gasteiger partial charge in [0, 0.05) is 25.6 Å². The van der Waals surface area contributed by atoms with Gasteiger partial charge < -0.3 is 15.0 Å². The first kappa shape index (κ1) is 18.5. The van der Waals surface area contributed by atoms with E-state index in [0.29, 0.717) is 13.0 Å². The van der Waals surface area contributed by atoms with Gasteiger partial charge in [-0.15, -0.1) is 0 Å². The molecule has 1 aliphatic carbocycles. The predicted octanol–water partition coefficient (Wildman–Crippen LogP) is 3.01. The van der Waals surface area contributed by atoms with Crippen LogP contribution >= 0.6 is 0 Å². The second kappa shape index (κ2) is 8.39. The zero-order valence-corrected chi connectivity index (χ0v) is 15.4. The molecule has 1 aromatic carbocycles. The van der Waals surface area contributed by atoms with Crippen LogP contribution in [-0.2, 0) is 9.59 Å². The van der Waals surface area contributed by atoms with E-state index in [1.165, 1.54) is 6.08 Å². The number of hydrogen-bond acceptors (Lipinski definition) is 3. The maximum atomic E-state index is 12.8. The van der Waals surface area contributed by atoms with Crippen LogP contribution in [0.5, 0.6) is 5.75 Å². The summed E-state index contributed by atoms with van der Waals surface area (Å²) in [7, 11) is 1.92. The number of carbonyl (C=O) groups is 2. The molecule has 0 bridgehead atoms. The van der Waals surface area contributed by atoms with Crippen LogP contribution in [0.3, 0.4) is 0 Å². The number of hydrogen-bond donors (Lipinski definition) is 1. The van der Waals surface area contributed by atoms with E-state index in [4.69, 9.17) is 4.74 Å². The lowest BCUT2D eigenvalue weighted by atomic mass is 9.88. The Balaban J connectivity index is 1.53. The van der Waals surface area contributed by atoms with Gasteiger partial charge in [-0.05, 0) is 55.7 Å². The van der Waals surface area contributed by atoms with Crippen LogP contribution in [-0.4, -0.2) is 42.5 Å². The number of nitrogens with zero attached hydrogens (tertiary/aromatic N) is 1. The van der Waals surface area contributed by atoms with E-state index in [-0.39, 0.29) is 29.8 Å². The first-order valence-corrected chi connectivity index (χ1v) is 9.48. The SMILES string of the molecule is C=CC(=O)NC1CCC(N(C)C(=O)CC2CCOc3ccccc32)CC1. The van der Waals surface area contributed by atoms with Crippen LogP contribution in [0.2, 0.25) is 0 Å². The van der Waals surface area contributed by atoms with Crippen LogP contribution in [0.25, 0.3) is 0 Å². The summed E-state index contributed by atoms with van der Waals surface area (Å²) in [4.78, 5) is 26.2. The molecule has 2 aliphatic rings. The minimum absolute atomic E-state index is 0.115. The fraction of sp³-hybridized carbons (Fsp3) is 0.524. The molecule has 1 aliphatic heterocycles. The van der Waals surface area contributed by atoms with Crippen molar-refractivity contribution in [3.63, 3.8) is 0 Å². The molecule has 0 aromatic heterocycles. The summed E-state index contributed by atoms with van der Waals surface area (Å²) >= 11 is 0. The third-order valence-corrected chi connectivity index (χ3v) is 5.67. The van der Waals surface area contributed by atoms with Crippen LogP contribution in [0, 0.1) is 0 Å². The van der Waals surface area contributed by atoms with Gasteiger partial charge in [-0.3, -0.25) is 9.59 Å². The van der Waals surface area contributed by atoms with Crippen molar-refractivity contribution < 1.29 is 14.3 Å². The van der Waals surface area contributed by atoms with Gasteiger partial charge in [-0.25, -0.2) is 0 Å². The van der Waals surface area contributed by atoms with Crippen molar-refractivity contribution in [1.29, 1.82) is 0 Å². The number of rotatable bonds is 5. The summed E-state index contributed by atoms with van der Waals surface area (Å²) in [6.45, 7) is 4.16. The van der Waals surface area contributed by atoms with Crippen molar-refractivity contribution in [2.75, 3.05) is 13.7 Å². The molecule has 1 saturated carbocycles. The summed E-state index contributed by atoms with van der Waals surface area (Å²) < 4.78 is 5.70. The molecule has 1 unspecified atom stereocenters. The summed E-state index contributed by atoms with van der Waals surface area (Å²) in [5.41, 5.74) is 1.15. The second-order valence-electron chi connectivity index (χ2n) is 7.30. The molecule has 1 N–H and O–H groups in total. The van der Waals surface area contributed by atoms with E-state index < -0.39 is 0 Å². The molecule has 1 heterocycles. The van der Waals surface area contributed by atoms with Crippen molar-refractivity contribution in [2.45, 2.75) is 56.5 Å². The Morgan fingerprint density at radius 3 is 2.69 bits per heavy atom. The quantitative estimate of drug-likeness (QED) is 0.825. The van der Waals surface area contributed by atoms with Crippen molar-refractivity contribution in [1.82, 2.24) is 10.2 Å². The molecular weight excluding hydrogens is 328 g/mol. The molecule has 1 fully saturated rings. The average Bonchev–Trinajstić information content (AvgIpc) is 2.68. The largest absolute Gasteiger partial charge is 0.493 e. The number of carbonyl (C=O) groups excluding carboxylic acids is 2. The summed E-state index contributed by atoms with van der Waals surface area (Å²) in [5, 5.41) is 2.96. The van der Waals surface area contributed by atoms with Gasteiger partial charge in [-0.2, -0.15) is 0 Å². The third-order valence-electron chi connectivity index (χ3n) is 5.67. The molecule has 2 amide bonds. The smallest absolute Gasteiger partial charge is 0.243 e. The Bertz CT molecular complexity index is 665. The van der Waals surface area contributed by atoms with E-state index in [1.54, 1.807) is 0 Å². The fourth-order valence-electron chi connectivity index (χ4n) is 4.05. The van der Waals surface area contributed by atoms with Crippen LogP contribution in [0.1, 0.15) is 50.0 Å². The predicted molar refractivity (Wildman–Crippen MR) is 101 cm³/mol. The average molecular weight is 356 g/mol. The normalized spacial score (nSPS) is 24.7. The molecule has 5 nitrogen and oxygen atoms in total. The van der Waals surface area contributed by atoms with E-state index in [0.717, 1.165) is 43.4 Å². The molecule has 1 atom stereocenters. The van der Waals surface area contributed by atoms with Crippen LogP contribution < -0.4 is 10.1 Å². The number of nitrogens with one attached hydrogen (secondary N) is 1. The molecule has 1 aromatic rings. The molecule has 5 heteroatoms. The topological polar surface area (TPSA) is 58.6 Å². The summed E-state index contributed by atoms with van der Waals surface area (Å²) in [5.74, 6) is 1.23. The van der Waals surface area contributed by atoms with Gasteiger partial charge in [0.15, 0.2) is 0 Å². The van der Waals surface area contributed by atoms with Crippen molar-refractivity contribution in [3.05, 3.63) is 42.5 Å². The first-order chi connectivity index (χ1) is 12.6. The highest BCUT2D eigenvalue weighted by molar-refractivity contribution is 5.87. The first-order valence-electron chi connectivity index (χ1n) is 9.48. The van der Waals surface area contributed by atoms with Crippen molar-refractivity contribution >= 4 is 11.8 Å². The summed E-state index contributed by atoms with van der Waals surface area (Å²) in [6, 6.07) is 8.48. The highest BCUT2D eigenvalue weighted by atomic mass is 16.5. The van der Waals surface area contributed by atoms with E-state index in [1.807, 2.05) is 30.1 Å². The minimum atomic E-state index is -0.115. The Morgan fingerprint density at radius 2 is 1.96 bits per heavy atom. The van der Waals surface area contributed by atoms with Crippen molar-refractivity contribution in [2.24, 2.45) is 0 Å². The van der Waals surface area contributed by atoms with Crippen LogP contribution in [0.15, 0.2) is 36.9 Å². The Labute approximate surface area is 155 Å². The molecule has 140 valence electrons. The maximum Gasteiger partial charge on any atom is 0.243 e. The van der Waals surface area contributed by atoms with E-state index >= 15 is 0 Å². The minimum Gasteiger partial charge on any atom is -0.493 e. The standard InChI is InChI=1S/C21H28N2O3/c1-3-20(24)22-16-8-10-17(11-9-16)23(2)21(25)14-15-12-13-26-19-7-5-4-6-18(15)19/h3-7,15-17H,1,8-14H2,2H3,(H,22,24). The van der Waals surface area contributed by atoms with E-state index in [2.05, 4.69) is 18.0 Å². The maximum absolute atomic E-state index is 12.8. The van der Waals surface area contributed by atoms with Gasteiger partial charge >= 0.3 is 0 Å². The Hall–Kier alpha value is -2.30. The zero-order chi connectivity index (χ0) is 18.5. The molecule has 0 radical (unpaired) electrons. The third kappa shape index (κ3) is 4.26. The molecule has 26 heavy (non-hydrogen) atoms. The number of fused-ring (bicyclic) bond motifs is 1. The Morgan fingerprint density at radius 1 is 1.23 bits per heavy atom. The van der Waals surface area contributed by atoms with Crippen molar-refractivity contribution in [3.8, 4) is 5.75 Å². The molecule has 0 saturated heterocycles. The number of benzene rings is 1. The van der Waals surface area contributed by atoms with Gasteiger partial charge in [0.2, 0.25) is 11.8 Å². The summed E-state index contributed by atoms with van der Waals surface area (Å²) in [6.07, 6.45) is 6.39. The second-order valence-corrected chi connectivity index (χ2v) is 7.30. The zero-order valence-electron chi connectivity index (χ0n) is 15.4. The number of para-hydroxylation sites is 1. The molecule has 3 rings (SSSR count). The number of ether oxygens (including phenoxy) is 1. The fourth-order valence-corrected chi connectivity index (χ4v) is 4.05. The lowest BCUT2D eigenvalue weighted by Gasteiger charge is -2.36. The van der Waals surface area contributed by atoms with Crippen LogP contribution in [0.4, 0.5) is 0 Å². The highest BCUT2D eigenvalue weighted by Crippen LogP contribution is 2.36. The van der Waals surface area contributed by atoms with Gasteiger partial charge in [0.25, 0.3) is 0 Å². The lowest BCUT2D eigenvalue weighted by molar-refractivity contribution is -0.133. The lowest BCUT2D eigenvalue weighted by Crippen LogP contribution is -2.44. The van der Waals surface area contributed by atoms with E-state index in [9.17, 15) is 9.59 Å². The molecule has 0 spiro atoms. The van der Waals surface area contributed by atoms with Gasteiger partial charge in [0.1, 0.15) is 5.75 Å². The number of amides is 2. The van der Waals surface area contributed by atoms with Gasteiger partial charge in [0.05, 0.1) is 6.61 Å². The monoisotopic (exact) mass is 356 g/mol. The highest BCUT2D eigenvalue weighted by Gasteiger charge is 2.30. The molecular formula is C21H28N2O3.